The van der Waals surface area contributed by atoms with Gasteiger partial charge in [0.25, 0.3) is 0 Å². The minimum atomic E-state index is 0.619. The molecule has 0 bridgehead atoms. The van der Waals surface area contributed by atoms with Crippen LogP contribution < -0.4 is 0 Å². The molecular formula is C29H31NO. The van der Waals surface area contributed by atoms with Gasteiger partial charge in [-0.2, -0.15) is 0 Å². The van der Waals surface area contributed by atoms with E-state index in [1.54, 1.807) is 0 Å². The summed E-state index contributed by atoms with van der Waals surface area (Å²) in [7, 11) is 0. The molecule has 1 aliphatic rings. The summed E-state index contributed by atoms with van der Waals surface area (Å²) in [4.78, 5) is 4.89. The Balaban J connectivity index is 1.63. The van der Waals surface area contributed by atoms with Gasteiger partial charge in [0.05, 0.1) is 12.3 Å². The zero-order valence-electron chi connectivity index (χ0n) is 19.0. The first-order valence-electron chi connectivity index (χ1n) is 11.2. The second-order valence-electron chi connectivity index (χ2n) is 8.49. The van der Waals surface area contributed by atoms with Gasteiger partial charge in [-0.05, 0) is 91.1 Å². The summed E-state index contributed by atoms with van der Waals surface area (Å²) >= 11 is 0. The largest absolute Gasteiger partial charge is 0.444 e. The smallest absolute Gasteiger partial charge is 0.221 e. The highest BCUT2D eigenvalue weighted by molar-refractivity contribution is 5.95. The van der Waals surface area contributed by atoms with Crippen LogP contribution in [0.1, 0.15) is 60.9 Å². The van der Waals surface area contributed by atoms with Crippen LogP contribution in [0.3, 0.4) is 0 Å². The second-order valence-corrected chi connectivity index (χ2v) is 8.49. The highest BCUT2D eigenvalue weighted by Gasteiger charge is 2.18. The molecule has 0 N–H and O–H groups in total. The quantitative estimate of drug-likeness (QED) is 0.241. The monoisotopic (exact) mass is 409 g/mol. The van der Waals surface area contributed by atoms with Gasteiger partial charge in [0.15, 0.2) is 0 Å². The van der Waals surface area contributed by atoms with E-state index in [2.05, 4.69) is 74.5 Å². The van der Waals surface area contributed by atoms with E-state index >= 15 is 0 Å². The number of hydrogen-bond acceptors (Lipinski definition) is 2. The van der Waals surface area contributed by atoms with Crippen molar-refractivity contribution >= 4 is 5.90 Å². The van der Waals surface area contributed by atoms with Crippen LogP contribution in [0.2, 0.25) is 0 Å². The van der Waals surface area contributed by atoms with Crippen molar-refractivity contribution in [2.45, 2.75) is 53.0 Å². The van der Waals surface area contributed by atoms with Gasteiger partial charge in [-0.25, -0.2) is 4.99 Å². The van der Waals surface area contributed by atoms with E-state index in [4.69, 9.17) is 9.73 Å². The number of nitrogens with zero attached hydrogens (tertiary/aromatic N) is 1. The lowest BCUT2D eigenvalue weighted by molar-refractivity contribution is 0.415. The van der Waals surface area contributed by atoms with Crippen LogP contribution in [0.5, 0.6) is 0 Å². The first-order valence-corrected chi connectivity index (χ1v) is 11.2. The zero-order chi connectivity index (χ0) is 21.8. The van der Waals surface area contributed by atoms with Crippen molar-refractivity contribution in [2.24, 2.45) is 4.99 Å². The van der Waals surface area contributed by atoms with Gasteiger partial charge in [0, 0.05) is 5.56 Å². The van der Waals surface area contributed by atoms with E-state index in [1.807, 2.05) is 26.0 Å². The number of fused-ring (bicyclic) bond motifs is 1. The number of rotatable bonds is 5. The summed E-state index contributed by atoms with van der Waals surface area (Å²) in [6, 6.07) is 23.8. The molecule has 0 aliphatic heterocycles. The van der Waals surface area contributed by atoms with Crippen molar-refractivity contribution in [3.8, 4) is 11.1 Å². The second kappa shape index (κ2) is 9.34. The number of aryl methyl sites for hydroxylation is 2. The minimum absolute atomic E-state index is 0.619. The molecule has 0 fully saturated rings. The zero-order valence-corrected chi connectivity index (χ0v) is 19.0. The lowest BCUT2D eigenvalue weighted by atomic mass is 9.98. The summed E-state index contributed by atoms with van der Waals surface area (Å²) < 4.78 is 6.13. The summed E-state index contributed by atoms with van der Waals surface area (Å²) in [5.41, 5.74) is 8.90. The van der Waals surface area contributed by atoms with Gasteiger partial charge >= 0.3 is 0 Å². The Hall–Kier alpha value is -3.13. The summed E-state index contributed by atoms with van der Waals surface area (Å²) in [6.45, 7) is 9.04. The van der Waals surface area contributed by atoms with Crippen LogP contribution in [0.4, 0.5) is 0 Å². The Kier molecular flexibility index (Phi) is 6.36. The van der Waals surface area contributed by atoms with Gasteiger partial charge in [-0.3, -0.25) is 0 Å². The molecule has 0 spiro atoms. The molecule has 3 aromatic carbocycles. The molecule has 4 rings (SSSR count). The Morgan fingerprint density at radius 3 is 2.61 bits per heavy atom. The van der Waals surface area contributed by atoms with Crippen LogP contribution >= 0.6 is 0 Å². The average Bonchev–Trinajstić information content (AvgIpc) is 3.17. The van der Waals surface area contributed by atoms with Crippen LogP contribution in [0, 0.1) is 6.92 Å². The van der Waals surface area contributed by atoms with Crippen molar-refractivity contribution in [1.82, 2.24) is 0 Å². The van der Waals surface area contributed by atoms with Gasteiger partial charge in [-0.1, -0.05) is 61.5 Å². The summed E-state index contributed by atoms with van der Waals surface area (Å²) in [6.07, 6.45) is 4.40. The lowest BCUT2D eigenvalue weighted by Crippen LogP contribution is -2.07. The average molecular weight is 410 g/mol. The number of aliphatic imine (C=N–C) groups is 1. The number of ether oxygens (including phenoxy) is 1. The van der Waals surface area contributed by atoms with E-state index in [-0.39, 0.29) is 0 Å². The van der Waals surface area contributed by atoms with E-state index in [0.717, 1.165) is 11.3 Å². The topological polar surface area (TPSA) is 21.6 Å². The minimum Gasteiger partial charge on any atom is -0.444 e. The van der Waals surface area contributed by atoms with Crippen molar-refractivity contribution in [3.05, 3.63) is 106 Å². The van der Waals surface area contributed by atoms with E-state index < -0.39 is 0 Å². The number of benzene rings is 3. The molecule has 0 saturated heterocycles. The first kappa shape index (κ1) is 21.1. The molecule has 2 nitrogen and oxygen atoms in total. The van der Waals surface area contributed by atoms with Crippen LogP contribution in [0.25, 0.3) is 11.1 Å². The maximum absolute atomic E-state index is 6.13. The van der Waals surface area contributed by atoms with Gasteiger partial charge in [0.2, 0.25) is 5.90 Å². The maximum atomic E-state index is 6.13. The standard InChI is InChI=1S/C29H31NO/c1-5-22(4)31-29(30-19-23-12-15-27-20(2)11-13-25(27)18-23)26-14-16-28(21(3)17-26)24-9-7-6-8-10-24/h5-10,12,14-18,20H,11,13,19H2,1-4H3/b22-5-,30-29-. The highest BCUT2D eigenvalue weighted by atomic mass is 16.5. The Morgan fingerprint density at radius 2 is 1.87 bits per heavy atom. The lowest BCUT2D eigenvalue weighted by Gasteiger charge is -2.13. The van der Waals surface area contributed by atoms with Crippen molar-refractivity contribution < 1.29 is 4.74 Å². The molecule has 1 atom stereocenters. The van der Waals surface area contributed by atoms with Crippen LogP contribution in [-0.4, -0.2) is 5.90 Å². The molecule has 158 valence electrons. The predicted molar refractivity (Wildman–Crippen MR) is 131 cm³/mol. The molecule has 3 aromatic rings. The van der Waals surface area contributed by atoms with Gasteiger partial charge in [-0.15, -0.1) is 0 Å². The van der Waals surface area contributed by atoms with Gasteiger partial charge < -0.3 is 4.74 Å². The molecule has 0 radical (unpaired) electrons. The first-order chi connectivity index (χ1) is 15.0. The molecule has 1 unspecified atom stereocenters. The third-order valence-electron chi connectivity index (χ3n) is 6.21. The highest BCUT2D eigenvalue weighted by Crippen LogP contribution is 2.33. The Labute approximate surface area is 186 Å². The molecule has 0 heterocycles. The van der Waals surface area contributed by atoms with Crippen molar-refractivity contribution in [3.63, 3.8) is 0 Å². The number of allylic oxidation sites excluding steroid dienone is 2. The SMILES string of the molecule is C/C=C(/C)O/C(=N\Cc1ccc2c(c1)CCC2C)c1ccc(-c2ccccc2)c(C)c1. The van der Waals surface area contributed by atoms with Crippen LogP contribution in [-0.2, 0) is 17.7 Å². The summed E-state index contributed by atoms with van der Waals surface area (Å²) in [5, 5.41) is 0. The molecule has 1 aliphatic carbocycles. The Morgan fingerprint density at radius 1 is 1.06 bits per heavy atom. The van der Waals surface area contributed by atoms with Crippen molar-refractivity contribution in [2.75, 3.05) is 0 Å². The maximum Gasteiger partial charge on any atom is 0.221 e. The number of hydrogen-bond donors (Lipinski definition) is 0. The molecule has 0 saturated carbocycles. The fourth-order valence-electron chi connectivity index (χ4n) is 4.28. The third-order valence-corrected chi connectivity index (χ3v) is 6.21. The normalized spacial score (nSPS) is 16.3. The third kappa shape index (κ3) is 4.80. The Bertz CT molecular complexity index is 1120. The molecule has 31 heavy (non-hydrogen) atoms. The predicted octanol–water partition coefficient (Wildman–Crippen LogP) is 7.60. The summed E-state index contributed by atoms with van der Waals surface area (Å²) in [5.74, 6) is 2.20. The fraction of sp³-hybridized carbons (Fsp3) is 0.276. The molecule has 2 heteroatoms. The fourth-order valence-corrected chi connectivity index (χ4v) is 4.28. The molecular weight excluding hydrogens is 378 g/mol. The van der Waals surface area contributed by atoms with Crippen molar-refractivity contribution in [1.29, 1.82) is 0 Å². The van der Waals surface area contributed by atoms with E-state index in [9.17, 15) is 0 Å². The molecule has 0 amide bonds. The van der Waals surface area contributed by atoms with Crippen LogP contribution in [0.15, 0.2) is 83.6 Å². The van der Waals surface area contributed by atoms with E-state index in [1.165, 1.54) is 46.2 Å². The van der Waals surface area contributed by atoms with E-state index in [0.29, 0.717) is 18.4 Å². The van der Waals surface area contributed by atoms with Gasteiger partial charge in [0.1, 0.15) is 0 Å². The molecule has 0 aromatic heterocycles.